The molecule has 0 radical (unpaired) electrons. The number of halogens is 1. The molecule has 2 heterocycles. The zero-order valence-electron chi connectivity index (χ0n) is 16.2. The van der Waals surface area contributed by atoms with Crippen LogP contribution in [0.15, 0.2) is 36.7 Å². The summed E-state index contributed by atoms with van der Waals surface area (Å²) in [6, 6.07) is 8.05. The number of anilines is 1. The molecule has 0 unspecified atom stereocenters. The van der Waals surface area contributed by atoms with Crippen LogP contribution in [0, 0.1) is 5.82 Å². The van der Waals surface area contributed by atoms with E-state index in [0.717, 1.165) is 70.1 Å². The molecule has 1 aliphatic carbocycles. The number of carbonyl (C=O) groups is 1. The standard InChI is InChI=1S/C21H25FN4O3/c22-16-13-23-21(24-14-16)29-19-7-3-17(4-8-19)25-20(27)15-1-5-18(6-2-15)26-9-11-28-12-10-26/h1-2,5-6,13-14,17,19H,3-4,7-12H2,(H,25,27). The number of nitrogens with one attached hydrogen (secondary N) is 1. The highest BCUT2D eigenvalue weighted by Gasteiger charge is 2.24. The average molecular weight is 400 g/mol. The smallest absolute Gasteiger partial charge is 0.316 e. The van der Waals surface area contributed by atoms with Gasteiger partial charge in [-0.05, 0) is 49.9 Å². The van der Waals surface area contributed by atoms with Crippen molar-refractivity contribution in [1.82, 2.24) is 15.3 Å². The van der Waals surface area contributed by atoms with Crippen LogP contribution in [0.5, 0.6) is 6.01 Å². The van der Waals surface area contributed by atoms with E-state index in [0.29, 0.717) is 5.56 Å². The quantitative estimate of drug-likeness (QED) is 0.831. The Morgan fingerprint density at radius 1 is 1.07 bits per heavy atom. The van der Waals surface area contributed by atoms with E-state index < -0.39 is 5.82 Å². The summed E-state index contributed by atoms with van der Waals surface area (Å²) in [7, 11) is 0. The van der Waals surface area contributed by atoms with Crippen molar-refractivity contribution < 1.29 is 18.7 Å². The predicted molar refractivity (Wildman–Crippen MR) is 106 cm³/mol. The van der Waals surface area contributed by atoms with Gasteiger partial charge in [0.2, 0.25) is 0 Å². The summed E-state index contributed by atoms with van der Waals surface area (Å²) in [5.74, 6) is -0.536. The molecule has 2 aromatic rings. The van der Waals surface area contributed by atoms with Crippen LogP contribution < -0.4 is 15.0 Å². The van der Waals surface area contributed by atoms with Gasteiger partial charge in [0.1, 0.15) is 6.10 Å². The molecule has 154 valence electrons. The number of nitrogens with zero attached hydrogens (tertiary/aromatic N) is 3. The number of benzene rings is 1. The maximum Gasteiger partial charge on any atom is 0.316 e. The van der Waals surface area contributed by atoms with Crippen LogP contribution in [0.3, 0.4) is 0 Å². The number of hydrogen-bond acceptors (Lipinski definition) is 6. The molecule has 8 heteroatoms. The molecule has 4 rings (SSSR count). The molecule has 1 saturated carbocycles. The van der Waals surface area contributed by atoms with E-state index in [1.807, 2.05) is 24.3 Å². The SMILES string of the molecule is O=C(NC1CCC(Oc2ncc(F)cn2)CC1)c1ccc(N2CCOCC2)cc1. The van der Waals surface area contributed by atoms with Crippen molar-refractivity contribution in [2.75, 3.05) is 31.2 Å². The first-order valence-electron chi connectivity index (χ1n) is 10.1. The third kappa shape index (κ3) is 5.20. The molecule has 1 N–H and O–H groups in total. The second kappa shape index (κ2) is 9.17. The van der Waals surface area contributed by atoms with E-state index in [9.17, 15) is 9.18 Å². The molecule has 0 spiro atoms. The number of aromatic nitrogens is 2. The van der Waals surface area contributed by atoms with Crippen LogP contribution in [-0.2, 0) is 4.74 Å². The Kier molecular flexibility index (Phi) is 6.19. The molecule has 29 heavy (non-hydrogen) atoms. The summed E-state index contributed by atoms with van der Waals surface area (Å²) in [5, 5.41) is 3.12. The summed E-state index contributed by atoms with van der Waals surface area (Å²) < 4.78 is 23.9. The Morgan fingerprint density at radius 3 is 2.38 bits per heavy atom. The fourth-order valence-corrected chi connectivity index (χ4v) is 3.75. The normalized spacial score (nSPS) is 22.2. The van der Waals surface area contributed by atoms with Crippen LogP contribution in [0.4, 0.5) is 10.1 Å². The summed E-state index contributed by atoms with van der Waals surface area (Å²) in [6.45, 7) is 3.23. The van der Waals surface area contributed by atoms with Crippen molar-refractivity contribution in [3.63, 3.8) is 0 Å². The molecule has 0 bridgehead atoms. The van der Waals surface area contributed by atoms with E-state index in [4.69, 9.17) is 9.47 Å². The average Bonchev–Trinajstić information content (AvgIpc) is 2.77. The van der Waals surface area contributed by atoms with Gasteiger partial charge in [-0.25, -0.2) is 14.4 Å². The van der Waals surface area contributed by atoms with Crippen molar-refractivity contribution in [2.45, 2.75) is 37.8 Å². The van der Waals surface area contributed by atoms with Crippen molar-refractivity contribution in [3.8, 4) is 6.01 Å². The van der Waals surface area contributed by atoms with E-state index in [1.165, 1.54) is 0 Å². The van der Waals surface area contributed by atoms with Gasteiger partial charge < -0.3 is 19.7 Å². The van der Waals surface area contributed by atoms with Crippen molar-refractivity contribution in [1.29, 1.82) is 0 Å². The molecule has 1 amide bonds. The van der Waals surface area contributed by atoms with Gasteiger partial charge in [-0.15, -0.1) is 0 Å². The van der Waals surface area contributed by atoms with Gasteiger partial charge in [-0.2, -0.15) is 0 Å². The first kappa shape index (κ1) is 19.6. The molecule has 0 atom stereocenters. The van der Waals surface area contributed by atoms with Crippen LogP contribution in [0.1, 0.15) is 36.0 Å². The highest BCUT2D eigenvalue weighted by atomic mass is 19.1. The lowest BCUT2D eigenvalue weighted by atomic mass is 9.92. The molecule has 1 aromatic carbocycles. The lowest BCUT2D eigenvalue weighted by Crippen LogP contribution is -2.40. The van der Waals surface area contributed by atoms with E-state index in [2.05, 4.69) is 20.2 Å². The number of amides is 1. The Labute approximate surface area is 169 Å². The Bertz CT molecular complexity index is 802. The molecular weight excluding hydrogens is 375 g/mol. The van der Waals surface area contributed by atoms with Gasteiger partial charge in [-0.1, -0.05) is 0 Å². The van der Waals surface area contributed by atoms with Crippen molar-refractivity contribution in [3.05, 3.63) is 48.0 Å². The topological polar surface area (TPSA) is 76.6 Å². The zero-order chi connectivity index (χ0) is 20.1. The second-order valence-electron chi connectivity index (χ2n) is 7.40. The number of rotatable bonds is 5. The largest absolute Gasteiger partial charge is 0.460 e. The minimum Gasteiger partial charge on any atom is -0.460 e. The summed E-state index contributed by atoms with van der Waals surface area (Å²) in [6.07, 6.45) is 5.41. The van der Waals surface area contributed by atoms with Crippen molar-refractivity contribution in [2.24, 2.45) is 0 Å². The Hall–Kier alpha value is -2.74. The molecular formula is C21H25FN4O3. The van der Waals surface area contributed by atoms with E-state index in [1.54, 1.807) is 0 Å². The fourth-order valence-electron chi connectivity index (χ4n) is 3.75. The molecule has 2 aliphatic rings. The molecule has 1 aromatic heterocycles. The predicted octanol–water partition coefficient (Wildman–Crippen LogP) is 2.57. The highest BCUT2D eigenvalue weighted by molar-refractivity contribution is 5.94. The lowest BCUT2D eigenvalue weighted by Gasteiger charge is -2.29. The summed E-state index contributed by atoms with van der Waals surface area (Å²) >= 11 is 0. The highest BCUT2D eigenvalue weighted by Crippen LogP contribution is 2.23. The zero-order valence-corrected chi connectivity index (χ0v) is 16.2. The first-order chi connectivity index (χ1) is 14.2. The van der Waals surface area contributed by atoms with Gasteiger partial charge in [0.15, 0.2) is 5.82 Å². The van der Waals surface area contributed by atoms with Gasteiger partial charge >= 0.3 is 6.01 Å². The Balaban J connectivity index is 1.24. The van der Waals surface area contributed by atoms with Crippen molar-refractivity contribution >= 4 is 11.6 Å². The monoisotopic (exact) mass is 400 g/mol. The first-order valence-corrected chi connectivity index (χ1v) is 10.1. The maximum atomic E-state index is 12.9. The van der Waals surface area contributed by atoms with Crippen LogP contribution in [0.25, 0.3) is 0 Å². The van der Waals surface area contributed by atoms with E-state index in [-0.39, 0.29) is 24.1 Å². The Morgan fingerprint density at radius 2 is 1.72 bits per heavy atom. The van der Waals surface area contributed by atoms with Gasteiger partial charge in [-0.3, -0.25) is 4.79 Å². The fraction of sp³-hybridized carbons (Fsp3) is 0.476. The third-order valence-electron chi connectivity index (χ3n) is 5.38. The van der Waals surface area contributed by atoms with Crippen LogP contribution >= 0.6 is 0 Å². The summed E-state index contributed by atoms with van der Waals surface area (Å²) in [4.78, 5) is 22.5. The maximum absolute atomic E-state index is 12.9. The minimum absolute atomic E-state index is 0.0126. The van der Waals surface area contributed by atoms with Crippen LogP contribution in [-0.4, -0.2) is 54.3 Å². The van der Waals surface area contributed by atoms with Gasteiger partial charge in [0.05, 0.1) is 25.6 Å². The second-order valence-corrected chi connectivity index (χ2v) is 7.40. The third-order valence-corrected chi connectivity index (χ3v) is 5.38. The van der Waals surface area contributed by atoms with Crippen LogP contribution in [0.2, 0.25) is 0 Å². The number of ether oxygens (including phenoxy) is 2. The van der Waals surface area contributed by atoms with Gasteiger partial charge in [0, 0.05) is 30.4 Å². The number of carbonyl (C=O) groups excluding carboxylic acids is 1. The molecule has 1 aliphatic heterocycles. The molecule has 1 saturated heterocycles. The van der Waals surface area contributed by atoms with E-state index >= 15 is 0 Å². The lowest BCUT2D eigenvalue weighted by molar-refractivity contribution is 0.0885. The molecule has 7 nitrogen and oxygen atoms in total. The number of morpholine rings is 1. The summed E-state index contributed by atoms with van der Waals surface area (Å²) in [5.41, 5.74) is 1.78. The number of hydrogen-bond donors (Lipinski definition) is 1. The molecule has 2 fully saturated rings. The minimum atomic E-state index is -0.484. The van der Waals surface area contributed by atoms with Gasteiger partial charge in [0.25, 0.3) is 5.91 Å².